The Kier molecular flexibility index (Phi) is 3.77. The number of pyridine rings is 1. The van der Waals surface area contributed by atoms with Crippen molar-refractivity contribution in [2.75, 3.05) is 0 Å². The van der Waals surface area contributed by atoms with Crippen molar-refractivity contribution in [1.82, 2.24) is 10.4 Å². The molecule has 4 nitrogen and oxygen atoms in total. The van der Waals surface area contributed by atoms with Gasteiger partial charge in [0.05, 0.1) is 11.4 Å². The van der Waals surface area contributed by atoms with Gasteiger partial charge in [0.2, 0.25) is 5.91 Å². The fourth-order valence-corrected chi connectivity index (χ4v) is 2.41. The number of amides is 1. The van der Waals surface area contributed by atoms with Crippen molar-refractivity contribution < 1.29 is 4.79 Å². The smallest absolute Gasteiger partial charge is 0.243 e. The number of carbonyl (C=O) groups excluding carboxylic acids is 1. The van der Waals surface area contributed by atoms with Crippen LogP contribution in [0.15, 0.2) is 59.8 Å². The molecule has 21 heavy (non-hydrogen) atoms. The van der Waals surface area contributed by atoms with Crippen molar-refractivity contribution in [3.05, 3.63) is 66.0 Å². The summed E-state index contributed by atoms with van der Waals surface area (Å²) in [5.74, 6) is 0.350. The highest BCUT2D eigenvalue weighted by Crippen LogP contribution is 2.47. The third kappa shape index (κ3) is 3.16. The lowest BCUT2D eigenvalue weighted by atomic mass is 10.1. The predicted molar refractivity (Wildman–Crippen MR) is 81.9 cm³/mol. The Balaban J connectivity index is 1.59. The van der Waals surface area contributed by atoms with Gasteiger partial charge in [-0.3, -0.25) is 9.78 Å². The molecule has 1 aliphatic carbocycles. The molecule has 2 aromatic rings. The molecule has 1 amide bonds. The molecular weight excluding hydrogens is 262 g/mol. The van der Waals surface area contributed by atoms with Gasteiger partial charge >= 0.3 is 0 Å². The molecule has 1 N–H and O–H groups in total. The van der Waals surface area contributed by atoms with Crippen molar-refractivity contribution in [3.63, 3.8) is 0 Å². The number of benzene rings is 1. The van der Waals surface area contributed by atoms with Gasteiger partial charge in [-0.25, -0.2) is 5.43 Å². The summed E-state index contributed by atoms with van der Waals surface area (Å²) in [6, 6.07) is 15.8. The summed E-state index contributed by atoms with van der Waals surface area (Å²) in [7, 11) is 0. The van der Waals surface area contributed by atoms with Crippen molar-refractivity contribution in [2.45, 2.75) is 19.3 Å². The van der Waals surface area contributed by atoms with Gasteiger partial charge in [0.25, 0.3) is 0 Å². The highest BCUT2D eigenvalue weighted by Gasteiger charge is 2.43. The number of rotatable bonds is 4. The first-order valence-corrected chi connectivity index (χ1v) is 7.06. The fraction of sp³-hybridized carbons (Fsp3) is 0.235. The van der Waals surface area contributed by atoms with Gasteiger partial charge in [0.1, 0.15) is 0 Å². The minimum atomic E-state index is -0.0147. The monoisotopic (exact) mass is 279 g/mol. The Bertz CT molecular complexity index is 652. The third-order valence-electron chi connectivity index (χ3n) is 3.72. The molecule has 0 spiro atoms. The van der Waals surface area contributed by atoms with E-state index in [4.69, 9.17) is 0 Å². The second-order valence-electron chi connectivity index (χ2n) is 5.25. The van der Waals surface area contributed by atoms with Crippen molar-refractivity contribution in [3.8, 4) is 0 Å². The Morgan fingerprint density at radius 3 is 2.67 bits per heavy atom. The first kappa shape index (κ1) is 13.5. The number of hydrogen-bond donors (Lipinski definition) is 1. The fourth-order valence-electron chi connectivity index (χ4n) is 2.41. The lowest BCUT2D eigenvalue weighted by molar-refractivity contribution is -0.122. The van der Waals surface area contributed by atoms with Crippen LogP contribution in [0.1, 0.15) is 30.5 Å². The molecule has 106 valence electrons. The van der Waals surface area contributed by atoms with E-state index in [0.717, 1.165) is 12.1 Å². The summed E-state index contributed by atoms with van der Waals surface area (Å²) in [6.07, 6.45) is 2.61. The van der Waals surface area contributed by atoms with Crippen molar-refractivity contribution >= 4 is 11.6 Å². The first-order chi connectivity index (χ1) is 10.3. The second kappa shape index (κ2) is 5.87. The molecule has 3 rings (SSSR count). The zero-order valence-corrected chi connectivity index (χ0v) is 11.9. The number of nitrogens with one attached hydrogen (secondary N) is 1. The van der Waals surface area contributed by atoms with Crippen LogP contribution < -0.4 is 5.43 Å². The summed E-state index contributed by atoms with van der Waals surface area (Å²) in [4.78, 5) is 16.3. The highest BCUT2D eigenvalue weighted by molar-refractivity contribution is 5.97. The molecule has 1 aliphatic rings. The number of hydrazone groups is 1. The standard InChI is InChI=1S/C17H17N3O/c1-12(16-9-5-6-10-18-16)19-20-17(21)15-11-14(15)13-7-3-2-4-8-13/h2-10,14-15H,11H2,1H3,(H,20,21)/b19-12-/t14-,15-/m0/s1. The average Bonchev–Trinajstić information content (AvgIpc) is 3.35. The van der Waals surface area contributed by atoms with E-state index in [9.17, 15) is 4.79 Å². The van der Waals surface area contributed by atoms with E-state index >= 15 is 0 Å². The Morgan fingerprint density at radius 2 is 1.95 bits per heavy atom. The summed E-state index contributed by atoms with van der Waals surface area (Å²) in [5, 5.41) is 4.14. The largest absolute Gasteiger partial charge is 0.273 e. The second-order valence-corrected chi connectivity index (χ2v) is 5.25. The van der Waals surface area contributed by atoms with Gasteiger partial charge < -0.3 is 0 Å². The van der Waals surface area contributed by atoms with Gasteiger partial charge in [-0.15, -0.1) is 0 Å². The van der Waals surface area contributed by atoms with Crippen LogP contribution in [0.3, 0.4) is 0 Å². The van der Waals surface area contributed by atoms with E-state index in [-0.39, 0.29) is 11.8 Å². The van der Waals surface area contributed by atoms with Gasteiger partial charge in [-0.05, 0) is 37.0 Å². The van der Waals surface area contributed by atoms with Crippen LogP contribution in [0.25, 0.3) is 0 Å². The van der Waals surface area contributed by atoms with E-state index in [1.54, 1.807) is 6.20 Å². The van der Waals surface area contributed by atoms with Crippen LogP contribution in [0.5, 0.6) is 0 Å². The Labute approximate surface area is 123 Å². The van der Waals surface area contributed by atoms with Crippen LogP contribution in [0, 0.1) is 5.92 Å². The summed E-state index contributed by atoms with van der Waals surface area (Å²) >= 11 is 0. The van der Waals surface area contributed by atoms with E-state index in [0.29, 0.717) is 11.6 Å². The molecule has 1 aromatic carbocycles. The molecular formula is C17H17N3O. The summed E-state index contributed by atoms with van der Waals surface area (Å²) < 4.78 is 0. The van der Waals surface area contributed by atoms with Crippen LogP contribution in [-0.2, 0) is 4.79 Å². The molecule has 0 saturated heterocycles. The molecule has 1 aromatic heterocycles. The van der Waals surface area contributed by atoms with Gasteiger partial charge in [0, 0.05) is 12.1 Å². The Morgan fingerprint density at radius 1 is 1.19 bits per heavy atom. The van der Waals surface area contributed by atoms with E-state index < -0.39 is 0 Å². The molecule has 4 heteroatoms. The quantitative estimate of drug-likeness (QED) is 0.691. The van der Waals surface area contributed by atoms with Crippen LogP contribution >= 0.6 is 0 Å². The summed E-state index contributed by atoms with van der Waals surface area (Å²) in [5.41, 5.74) is 5.36. The molecule has 0 unspecified atom stereocenters. The van der Waals surface area contributed by atoms with Crippen LogP contribution in [0.4, 0.5) is 0 Å². The molecule has 0 bridgehead atoms. The minimum absolute atomic E-state index is 0.0147. The van der Waals surface area contributed by atoms with E-state index in [2.05, 4.69) is 27.6 Å². The minimum Gasteiger partial charge on any atom is -0.273 e. The van der Waals surface area contributed by atoms with Crippen molar-refractivity contribution in [2.24, 2.45) is 11.0 Å². The maximum atomic E-state index is 12.1. The van der Waals surface area contributed by atoms with Gasteiger partial charge in [-0.1, -0.05) is 36.4 Å². The number of aromatic nitrogens is 1. The van der Waals surface area contributed by atoms with Gasteiger partial charge in [-0.2, -0.15) is 5.10 Å². The number of nitrogens with zero attached hydrogens (tertiary/aromatic N) is 2. The normalized spacial score (nSPS) is 20.9. The maximum Gasteiger partial charge on any atom is 0.243 e. The molecule has 0 radical (unpaired) electrons. The average molecular weight is 279 g/mol. The predicted octanol–water partition coefficient (Wildman–Crippen LogP) is 2.73. The first-order valence-electron chi connectivity index (χ1n) is 7.06. The maximum absolute atomic E-state index is 12.1. The number of carbonyl (C=O) groups is 1. The third-order valence-corrected chi connectivity index (χ3v) is 3.72. The van der Waals surface area contributed by atoms with Crippen LogP contribution in [-0.4, -0.2) is 16.6 Å². The zero-order chi connectivity index (χ0) is 14.7. The SMILES string of the molecule is C/C(=N/NC(=O)[C@H]1C[C@H]1c1ccccc1)c1ccccn1. The topological polar surface area (TPSA) is 54.4 Å². The zero-order valence-electron chi connectivity index (χ0n) is 11.9. The van der Waals surface area contributed by atoms with Gasteiger partial charge in [0.15, 0.2) is 0 Å². The number of hydrogen-bond acceptors (Lipinski definition) is 3. The molecule has 1 fully saturated rings. The van der Waals surface area contributed by atoms with Crippen molar-refractivity contribution in [1.29, 1.82) is 0 Å². The molecule has 1 heterocycles. The van der Waals surface area contributed by atoms with E-state index in [1.807, 2.05) is 43.3 Å². The molecule has 1 saturated carbocycles. The lowest BCUT2D eigenvalue weighted by Crippen LogP contribution is -2.21. The lowest BCUT2D eigenvalue weighted by Gasteiger charge is -2.02. The van der Waals surface area contributed by atoms with Crippen LogP contribution in [0.2, 0.25) is 0 Å². The molecule has 0 aliphatic heterocycles. The molecule has 2 atom stereocenters. The highest BCUT2D eigenvalue weighted by atomic mass is 16.2. The van der Waals surface area contributed by atoms with E-state index in [1.165, 1.54) is 5.56 Å². The summed E-state index contributed by atoms with van der Waals surface area (Å²) in [6.45, 7) is 1.84. The Hall–Kier alpha value is -2.49.